The highest BCUT2D eigenvalue weighted by molar-refractivity contribution is 5.94. The van der Waals surface area contributed by atoms with Crippen molar-refractivity contribution in [3.8, 4) is 11.5 Å². The monoisotopic (exact) mass is 273 g/mol. The molecule has 6 heteroatoms. The van der Waals surface area contributed by atoms with Crippen molar-refractivity contribution in [3.63, 3.8) is 0 Å². The van der Waals surface area contributed by atoms with Gasteiger partial charge in [0.05, 0.1) is 0 Å². The number of rotatable bonds is 3. The summed E-state index contributed by atoms with van der Waals surface area (Å²) in [6, 6.07) is 5.89. The molecule has 1 amide bonds. The van der Waals surface area contributed by atoms with Gasteiger partial charge < -0.3 is 4.42 Å². The number of benzene rings is 1. The number of amides is 1. The number of hydrogen-bond acceptors (Lipinski definition) is 4. The highest BCUT2D eigenvalue weighted by Gasteiger charge is 2.32. The van der Waals surface area contributed by atoms with Gasteiger partial charge in [-0.25, -0.2) is 4.39 Å². The standard InChI is InChI=1S/C14H12FN3O2/c1-2-9-7-12(19)18(8-9)14-17-16-13(20-14)10-3-5-11(15)6-4-10/h2-6,9H,1,7-8H2. The molecule has 0 N–H and O–H groups in total. The number of halogens is 1. The van der Waals surface area contributed by atoms with Gasteiger partial charge in [0, 0.05) is 24.4 Å². The van der Waals surface area contributed by atoms with Crippen molar-refractivity contribution in [1.82, 2.24) is 10.2 Å². The van der Waals surface area contributed by atoms with Crippen LogP contribution in [0.4, 0.5) is 10.4 Å². The number of carbonyl (C=O) groups is 1. The predicted octanol–water partition coefficient (Wildman–Crippen LogP) is 2.41. The van der Waals surface area contributed by atoms with E-state index in [4.69, 9.17) is 4.42 Å². The third kappa shape index (κ3) is 2.20. The number of aromatic nitrogens is 2. The Hall–Kier alpha value is -2.50. The number of nitrogens with zero attached hydrogens (tertiary/aromatic N) is 3. The second-order valence-electron chi connectivity index (χ2n) is 4.60. The first-order valence-corrected chi connectivity index (χ1v) is 6.20. The normalized spacial score (nSPS) is 18.6. The van der Waals surface area contributed by atoms with E-state index in [-0.39, 0.29) is 29.5 Å². The first-order chi connectivity index (χ1) is 9.67. The summed E-state index contributed by atoms with van der Waals surface area (Å²) in [7, 11) is 0. The summed E-state index contributed by atoms with van der Waals surface area (Å²) >= 11 is 0. The molecule has 1 atom stereocenters. The van der Waals surface area contributed by atoms with Crippen LogP contribution in [0.3, 0.4) is 0 Å². The molecule has 2 aromatic rings. The molecule has 1 aliphatic rings. The molecule has 20 heavy (non-hydrogen) atoms. The lowest BCUT2D eigenvalue weighted by atomic mass is 10.1. The number of hydrogen-bond donors (Lipinski definition) is 0. The van der Waals surface area contributed by atoms with Crippen molar-refractivity contribution in [3.05, 3.63) is 42.7 Å². The minimum absolute atomic E-state index is 0.0655. The molecule has 0 saturated carbocycles. The van der Waals surface area contributed by atoms with E-state index >= 15 is 0 Å². The molecule has 5 nitrogen and oxygen atoms in total. The zero-order chi connectivity index (χ0) is 14.1. The highest BCUT2D eigenvalue weighted by atomic mass is 19.1. The predicted molar refractivity (Wildman–Crippen MR) is 70.3 cm³/mol. The molecule has 1 fully saturated rings. The summed E-state index contributed by atoms with van der Waals surface area (Å²) in [6.07, 6.45) is 2.15. The van der Waals surface area contributed by atoms with Gasteiger partial charge >= 0.3 is 6.01 Å². The summed E-state index contributed by atoms with van der Waals surface area (Å²) in [5.41, 5.74) is 0.608. The van der Waals surface area contributed by atoms with Gasteiger partial charge in [-0.15, -0.1) is 11.7 Å². The lowest BCUT2D eigenvalue weighted by Gasteiger charge is -2.09. The van der Waals surface area contributed by atoms with Crippen molar-refractivity contribution in [2.45, 2.75) is 6.42 Å². The van der Waals surface area contributed by atoms with Crippen molar-refractivity contribution >= 4 is 11.9 Å². The van der Waals surface area contributed by atoms with E-state index in [2.05, 4.69) is 16.8 Å². The fourth-order valence-corrected chi connectivity index (χ4v) is 2.11. The Morgan fingerprint density at radius 2 is 2.10 bits per heavy atom. The Labute approximate surface area is 114 Å². The molecule has 0 spiro atoms. The third-order valence-electron chi connectivity index (χ3n) is 3.22. The maximum absolute atomic E-state index is 12.9. The topological polar surface area (TPSA) is 59.2 Å². The van der Waals surface area contributed by atoms with Crippen molar-refractivity contribution in [2.75, 3.05) is 11.4 Å². The lowest BCUT2D eigenvalue weighted by molar-refractivity contribution is -0.117. The lowest BCUT2D eigenvalue weighted by Crippen LogP contribution is -2.24. The quantitative estimate of drug-likeness (QED) is 0.806. The zero-order valence-corrected chi connectivity index (χ0v) is 10.6. The fourth-order valence-electron chi connectivity index (χ4n) is 2.11. The molecule has 1 aromatic heterocycles. The van der Waals surface area contributed by atoms with E-state index in [1.165, 1.54) is 17.0 Å². The van der Waals surface area contributed by atoms with Crippen LogP contribution in [0, 0.1) is 11.7 Å². The molecule has 0 radical (unpaired) electrons. The van der Waals surface area contributed by atoms with E-state index in [0.717, 1.165) is 0 Å². The Balaban J connectivity index is 1.85. The Morgan fingerprint density at radius 3 is 2.75 bits per heavy atom. The van der Waals surface area contributed by atoms with Gasteiger partial charge in [0.25, 0.3) is 0 Å². The Kier molecular flexibility index (Phi) is 3.06. The van der Waals surface area contributed by atoms with Crippen LogP contribution in [0.5, 0.6) is 0 Å². The van der Waals surface area contributed by atoms with Crippen LogP contribution < -0.4 is 4.90 Å². The molecule has 102 valence electrons. The first-order valence-electron chi connectivity index (χ1n) is 6.20. The van der Waals surface area contributed by atoms with Crippen LogP contribution in [0.2, 0.25) is 0 Å². The average molecular weight is 273 g/mol. The number of carbonyl (C=O) groups excluding carboxylic acids is 1. The minimum Gasteiger partial charge on any atom is -0.403 e. The maximum Gasteiger partial charge on any atom is 0.325 e. The summed E-state index contributed by atoms with van der Waals surface area (Å²) in [5, 5.41) is 7.76. The molecule has 0 bridgehead atoms. The first kappa shape index (κ1) is 12.5. The molecular formula is C14H12FN3O2. The van der Waals surface area contributed by atoms with Gasteiger partial charge in [-0.3, -0.25) is 9.69 Å². The Morgan fingerprint density at radius 1 is 1.35 bits per heavy atom. The van der Waals surface area contributed by atoms with E-state index in [0.29, 0.717) is 18.5 Å². The second-order valence-corrected chi connectivity index (χ2v) is 4.60. The molecule has 1 unspecified atom stereocenters. The van der Waals surface area contributed by atoms with E-state index in [1.807, 2.05) is 0 Å². The van der Waals surface area contributed by atoms with Gasteiger partial charge in [-0.1, -0.05) is 11.2 Å². The van der Waals surface area contributed by atoms with Gasteiger partial charge in [0.2, 0.25) is 11.8 Å². The highest BCUT2D eigenvalue weighted by Crippen LogP contribution is 2.27. The smallest absolute Gasteiger partial charge is 0.325 e. The summed E-state index contributed by atoms with van der Waals surface area (Å²) in [6.45, 7) is 4.18. The molecular weight excluding hydrogens is 261 g/mol. The van der Waals surface area contributed by atoms with Crippen LogP contribution >= 0.6 is 0 Å². The van der Waals surface area contributed by atoms with E-state index in [1.54, 1.807) is 18.2 Å². The molecule has 1 aromatic carbocycles. The molecule has 1 aliphatic heterocycles. The SMILES string of the molecule is C=CC1CC(=O)N(c2nnc(-c3ccc(F)cc3)o2)C1. The van der Waals surface area contributed by atoms with Crippen molar-refractivity contribution < 1.29 is 13.6 Å². The Bertz CT molecular complexity index is 651. The van der Waals surface area contributed by atoms with Crippen LogP contribution in [-0.2, 0) is 4.79 Å². The summed E-state index contributed by atoms with van der Waals surface area (Å²) in [5.74, 6) is -0.0419. The summed E-state index contributed by atoms with van der Waals surface area (Å²) < 4.78 is 18.3. The maximum atomic E-state index is 12.9. The molecule has 1 saturated heterocycles. The zero-order valence-electron chi connectivity index (χ0n) is 10.6. The fraction of sp³-hybridized carbons (Fsp3) is 0.214. The average Bonchev–Trinajstić information content (AvgIpc) is 3.06. The van der Waals surface area contributed by atoms with E-state index in [9.17, 15) is 9.18 Å². The third-order valence-corrected chi connectivity index (χ3v) is 3.22. The second kappa shape index (κ2) is 4.88. The van der Waals surface area contributed by atoms with Crippen LogP contribution in [-0.4, -0.2) is 22.6 Å². The van der Waals surface area contributed by atoms with Crippen molar-refractivity contribution in [1.29, 1.82) is 0 Å². The molecule has 3 rings (SSSR count). The van der Waals surface area contributed by atoms with Crippen LogP contribution in [0.25, 0.3) is 11.5 Å². The van der Waals surface area contributed by atoms with Gasteiger partial charge in [0.15, 0.2) is 0 Å². The molecule has 2 heterocycles. The summed E-state index contributed by atoms with van der Waals surface area (Å²) in [4.78, 5) is 13.3. The van der Waals surface area contributed by atoms with Crippen molar-refractivity contribution in [2.24, 2.45) is 5.92 Å². The van der Waals surface area contributed by atoms with Gasteiger partial charge in [0.1, 0.15) is 5.82 Å². The molecule has 0 aliphatic carbocycles. The minimum atomic E-state index is -0.336. The largest absolute Gasteiger partial charge is 0.403 e. The van der Waals surface area contributed by atoms with E-state index < -0.39 is 0 Å². The van der Waals surface area contributed by atoms with Gasteiger partial charge in [-0.2, -0.15) is 0 Å². The van der Waals surface area contributed by atoms with Crippen LogP contribution in [0.15, 0.2) is 41.3 Å². The number of anilines is 1. The van der Waals surface area contributed by atoms with Crippen LogP contribution in [0.1, 0.15) is 6.42 Å². The van der Waals surface area contributed by atoms with Gasteiger partial charge in [-0.05, 0) is 24.3 Å².